The number of halogens is 3. The second-order valence-corrected chi connectivity index (χ2v) is 10.6. The number of nitrogens with zero attached hydrogens (tertiary/aromatic N) is 4. The van der Waals surface area contributed by atoms with Crippen molar-refractivity contribution >= 4 is 61.9 Å². The third-order valence-electron chi connectivity index (χ3n) is 6.15. The van der Waals surface area contributed by atoms with Crippen LogP contribution in [0.1, 0.15) is 50.1 Å². The van der Waals surface area contributed by atoms with Crippen LogP contribution in [0.15, 0.2) is 62.9 Å². The smallest absolute Gasteiger partial charge is 0.315 e. The quantitative estimate of drug-likeness (QED) is 0.0989. The lowest BCUT2D eigenvalue weighted by Gasteiger charge is -2.15. The zero-order valence-electron chi connectivity index (χ0n) is 21.9. The predicted octanol–water partition coefficient (Wildman–Crippen LogP) is 7.75. The van der Waals surface area contributed by atoms with Gasteiger partial charge in [0, 0.05) is 37.6 Å². The summed E-state index contributed by atoms with van der Waals surface area (Å²) in [5.41, 5.74) is 0.820. The maximum absolute atomic E-state index is 13.4. The number of nitro groups is 1. The Bertz CT molecular complexity index is 1680. The van der Waals surface area contributed by atoms with Gasteiger partial charge in [-0.15, -0.1) is 0 Å². The fraction of sp³-hybridized carbons (Fsp3) is 0.250. The molecular formula is C28H25BrCl2N4O5. The van der Waals surface area contributed by atoms with Gasteiger partial charge >= 0.3 is 5.69 Å². The van der Waals surface area contributed by atoms with Gasteiger partial charge in [-0.2, -0.15) is 9.78 Å². The molecule has 0 aliphatic rings. The molecule has 4 aromatic rings. The molecule has 40 heavy (non-hydrogen) atoms. The summed E-state index contributed by atoms with van der Waals surface area (Å²) >= 11 is 15.6. The van der Waals surface area contributed by atoms with Crippen LogP contribution in [0.3, 0.4) is 0 Å². The zero-order chi connectivity index (χ0) is 29.0. The number of benzene rings is 3. The summed E-state index contributed by atoms with van der Waals surface area (Å²) in [4.78, 5) is 29.6. The van der Waals surface area contributed by atoms with Crippen LogP contribution in [0, 0.1) is 10.1 Å². The Kier molecular flexibility index (Phi) is 9.44. The van der Waals surface area contributed by atoms with Crippen molar-refractivity contribution in [2.24, 2.45) is 5.10 Å². The Morgan fingerprint density at radius 3 is 2.60 bits per heavy atom. The summed E-state index contributed by atoms with van der Waals surface area (Å²) < 4.78 is 13.5. The molecule has 1 heterocycles. The lowest BCUT2D eigenvalue weighted by Crippen LogP contribution is -2.23. The third kappa shape index (κ3) is 6.46. The molecule has 0 N–H and O–H groups in total. The van der Waals surface area contributed by atoms with E-state index in [0.717, 1.165) is 10.9 Å². The average molecular weight is 648 g/mol. The maximum Gasteiger partial charge on any atom is 0.315 e. The minimum Gasteiger partial charge on any atom is -0.490 e. The first-order valence-electron chi connectivity index (χ1n) is 12.4. The van der Waals surface area contributed by atoms with Crippen molar-refractivity contribution in [1.29, 1.82) is 0 Å². The predicted molar refractivity (Wildman–Crippen MR) is 160 cm³/mol. The Morgan fingerprint density at radius 2 is 1.93 bits per heavy atom. The van der Waals surface area contributed by atoms with Gasteiger partial charge in [0.1, 0.15) is 12.4 Å². The van der Waals surface area contributed by atoms with Crippen LogP contribution in [-0.4, -0.2) is 27.4 Å². The molecule has 1 atom stereocenters. The van der Waals surface area contributed by atoms with Crippen molar-refractivity contribution in [3.63, 3.8) is 0 Å². The van der Waals surface area contributed by atoms with Crippen molar-refractivity contribution < 1.29 is 14.4 Å². The van der Waals surface area contributed by atoms with Crippen LogP contribution in [0.2, 0.25) is 10.0 Å². The molecule has 0 aliphatic heterocycles. The number of hydrogen-bond donors (Lipinski definition) is 0. The number of hydrogen-bond acceptors (Lipinski definition) is 7. The minimum atomic E-state index is -0.565. The highest BCUT2D eigenvalue weighted by Crippen LogP contribution is 2.39. The van der Waals surface area contributed by atoms with Gasteiger partial charge in [0.15, 0.2) is 5.75 Å². The lowest BCUT2D eigenvalue weighted by molar-refractivity contribution is -0.386. The van der Waals surface area contributed by atoms with E-state index < -0.39 is 4.92 Å². The summed E-state index contributed by atoms with van der Waals surface area (Å²) in [6.07, 6.45) is 2.10. The van der Waals surface area contributed by atoms with Gasteiger partial charge in [-0.3, -0.25) is 14.9 Å². The van der Waals surface area contributed by atoms with Gasteiger partial charge in [0.25, 0.3) is 5.56 Å². The molecule has 0 amide bonds. The van der Waals surface area contributed by atoms with Gasteiger partial charge in [0.05, 0.1) is 28.6 Å². The molecule has 9 nitrogen and oxygen atoms in total. The van der Waals surface area contributed by atoms with Crippen LogP contribution >= 0.6 is 39.1 Å². The first-order valence-corrected chi connectivity index (χ1v) is 14.0. The summed E-state index contributed by atoms with van der Waals surface area (Å²) in [6, 6.07) is 13.1. The highest BCUT2D eigenvalue weighted by molar-refractivity contribution is 9.10. The SMILES string of the molecule is CCOc1cc(C=Nn2c([C@@H](C)CC)nc3ccc(Br)cc3c2=O)cc([N+](=O)[O-])c1OCc1ccc(Cl)cc1Cl. The second kappa shape index (κ2) is 12.8. The van der Waals surface area contributed by atoms with E-state index in [4.69, 9.17) is 32.7 Å². The van der Waals surface area contributed by atoms with Crippen LogP contribution < -0.4 is 15.0 Å². The minimum absolute atomic E-state index is 0.0453. The van der Waals surface area contributed by atoms with Crippen LogP contribution in [0.25, 0.3) is 10.9 Å². The molecular weight excluding hydrogens is 623 g/mol. The van der Waals surface area contributed by atoms with Gasteiger partial charge < -0.3 is 9.47 Å². The number of rotatable bonds is 10. The molecule has 1 aromatic heterocycles. The van der Waals surface area contributed by atoms with Crippen LogP contribution in [-0.2, 0) is 6.61 Å². The molecule has 0 radical (unpaired) electrons. The molecule has 0 saturated carbocycles. The van der Waals surface area contributed by atoms with Gasteiger partial charge in [-0.05, 0) is 49.7 Å². The number of fused-ring (bicyclic) bond motifs is 1. The molecule has 208 valence electrons. The molecule has 0 unspecified atom stereocenters. The Labute approximate surface area is 248 Å². The number of nitro benzene ring substituents is 1. The highest BCUT2D eigenvalue weighted by atomic mass is 79.9. The molecule has 3 aromatic carbocycles. The summed E-state index contributed by atoms with van der Waals surface area (Å²) in [7, 11) is 0. The molecule has 12 heteroatoms. The summed E-state index contributed by atoms with van der Waals surface area (Å²) in [6.45, 7) is 5.89. The molecule has 0 aliphatic carbocycles. The fourth-order valence-corrected chi connectivity index (χ4v) is 4.74. The first kappa shape index (κ1) is 29.5. The van der Waals surface area contributed by atoms with Crippen molar-refractivity contribution in [2.45, 2.75) is 39.7 Å². The van der Waals surface area contributed by atoms with E-state index in [2.05, 4.69) is 26.0 Å². The summed E-state index contributed by atoms with van der Waals surface area (Å²) in [5.74, 6) is 0.516. The molecule has 4 rings (SSSR count). The normalized spacial score (nSPS) is 12.2. The monoisotopic (exact) mass is 646 g/mol. The third-order valence-corrected chi connectivity index (χ3v) is 7.23. The topological polar surface area (TPSA) is 109 Å². The van der Waals surface area contributed by atoms with E-state index >= 15 is 0 Å². The maximum atomic E-state index is 13.4. The Balaban J connectivity index is 1.78. The first-order chi connectivity index (χ1) is 19.1. The van der Waals surface area contributed by atoms with Crippen molar-refractivity contribution in [3.05, 3.63) is 100 Å². The van der Waals surface area contributed by atoms with E-state index in [-0.39, 0.29) is 41.9 Å². The van der Waals surface area contributed by atoms with E-state index in [9.17, 15) is 14.9 Å². The van der Waals surface area contributed by atoms with Gasteiger partial charge in [-0.1, -0.05) is 59.0 Å². The zero-order valence-corrected chi connectivity index (χ0v) is 25.0. The van der Waals surface area contributed by atoms with E-state index in [1.165, 1.54) is 17.0 Å². The lowest BCUT2D eigenvalue weighted by atomic mass is 10.1. The van der Waals surface area contributed by atoms with Gasteiger partial charge in [-0.25, -0.2) is 4.98 Å². The van der Waals surface area contributed by atoms with Gasteiger partial charge in [0.2, 0.25) is 5.75 Å². The van der Waals surface area contributed by atoms with E-state index in [1.54, 1.807) is 43.3 Å². The summed E-state index contributed by atoms with van der Waals surface area (Å²) in [5, 5.41) is 17.7. The average Bonchev–Trinajstić information content (AvgIpc) is 2.92. The highest BCUT2D eigenvalue weighted by Gasteiger charge is 2.23. The molecule has 0 bridgehead atoms. The van der Waals surface area contributed by atoms with E-state index in [1.807, 2.05) is 19.9 Å². The van der Waals surface area contributed by atoms with Crippen molar-refractivity contribution in [3.8, 4) is 11.5 Å². The Morgan fingerprint density at radius 1 is 1.15 bits per heavy atom. The molecule has 0 saturated heterocycles. The van der Waals surface area contributed by atoms with Crippen LogP contribution in [0.5, 0.6) is 11.5 Å². The fourth-order valence-electron chi connectivity index (χ4n) is 3.92. The molecule has 0 spiro atoms. The number of ether oxygens (including phenoxy) is 2. The Hall–Kier alpha value is -3.47. The standard InChI is InChI=1S/C28H25BrCl2N4O5/c1-4-16(3)27-33-23-9-7-19(29)12-21(23)28(36)34(27)32-14-17-10-24(35(37)38)26(25(11-17)39-5-2)40-15-18-6-8-20(30)13-22(18)31/h6-14,16H,4-5,15H2,1-3H3/t16-/m0/s1. The molecule has 0 fully saturated rings. The van der Waals surface area contributed by atoms with E-state index in [0.29, 0.717) is 37.9 Å². The second-order valence-electron chi connectivity index (χ2n) is 8.88. The van der Waals surface area contributed by atoms with Crippen LogP contribution in [0.4, 0.5) is 5.69 Å². The van der Waals surface area contributed by atoms with Crippen molar-refractivity contribution in [1.82, 2.24) is 9.66 Å². The van der Waals surface area contributed by atoms with Crippen molar-refractivity contribution in [2.75, 3.05) is 6.61 Å². The number of aromatic nitrogens is 2. The largest absolute Gasteiger partial charge is 0.490 e.